The molecule has 1 aromatic carbocycles. The van der Waals surface area contributed by atoms with E-state index in [1.165, 1.54) is 0 Å². The number of benzene rings is 1. The van der Waals surface area contributed by atoms with Gasteiger partial charge >= 0.3 is 0 Å². The summed E-state index contributed by atoms with van der Waals surface area (Å²) in [5.41, 5.74) is 1.07. The van der Waals surface area contributed by atoms with Gasteiger partial charge in [0.15, 0.2) is 0 Å². The smallest absolute Gasteiger partial charge is 0.227 e. The van der Waals surface area contributed by atoms with E-state index in [4.69, 9.17) is 11.6 Å². The Morgan fingerprint density at radius 2 is 1.70 bits per heavy atom. The van der Waals surface area contributed by atoms with Crippen LogP contribution in [-0.2, 0) is 4.79 Å². The van der Waals surface area contributed by atoms with Gasteiger partial charge in [-0.3, -0.25) is 4.79 Å². The van der Waals surface area contributed by atoms with E-state index < -0.39 is 0 Å². The molecule has 0 heterocycles. The molecule has 0 bridgehead atoms. The van der Waals surface area contributed by atoms with Crippen LogP contribution in [-0.4, -0.2) is 17.8 Å². The summed E-state index contributed by atoms with van der Waals surface area (Å²) < 4.78 is 0. The van der Waals surface area contributed by atoms with Crippen molar-refractivity contribution in [3.05, 3.63) is 35.9 Å². The quantitative estimate of drug-likeness (QED) is 0.710. The van der Waals surface area contributed by atoms with Crippen molar-refractivity contribution < 1.29 is 4.79 Å². The molecule has 1 N–H and O–H groups in total. The highest BCUT2D eigenvalue weighted by atomic mass is 35.5. The lowest BCUT2D eigenvalue weighted by atomic mass is 9.95. The molecule has 2 unspecified atom stereocenters. The summed E-state index contributed by atoms with van der Waals surface area (Å²) in [6.45, 7) is 6.88. The Hall–Kier alpha value is -1.02. The topological polar surface area (TPSA) is 29.1 Å². The van der Waals surface area contributed by atoms with Crippen LogP contribution in [0, 0.1) is 5.92 Å². The van der Waals surface area contributed by atoms with E-state index in [0.29, 0.717) is 12.5 Å². The molecule has 0 aliphatic carbocycles. The number of rotatable bonds is 8. The molecule has 0 radical (unpaired) electrons. The van der Waals surface area contributed by atoms with Crippen LogP contribution in [0.5, 0.6) is 0 Å². The third-order valence-electron chi connectivity index (χ3n) is 3.96. The fourth-order valence-electron chi connectivity index (χ4n) is 2.55. The predicted molar refractivity (Wildman–Crippen MR) is 86.2 cm³/mol. The lowest BCUT2D eigenvalue weighted by Crippen LogP contribution is -2.36. The lowest BCUT2D eigenvalue weighted by Gasteiger charge is -2.21. The number of carbonyl (C=O) groups excluding carboxylic acids is 1. The largest absolute Gasteiger partial charge is 0.354 e. The van der Waals surface area contributed by atoms with Gasteiger partial charge in [-0.2, -0.15) is 0 Å². The van der Waals surface area contributed by atoms with Crippen LogP contribution < -0.4 is 5.32 Å². The van der Waals surface area contributed by atoms with Crippen LogP contribution >= 0.6 is 11.6 Å². The van der Waals surface area contributed by atoms with Crippen molar-refractivity contribution >= 4 is 17.5 Å². The molecule has 0 aliphatic rings. The lowest BCUT2D eigenvalue weighted by molar-refractivity contribution is -0.122. The number of hydrogen-bond donors (Lipinski definition) is 1. The van der Waals surface area contributed by atoms with Gasteiger partial charge in [0.05, 0.1) is 11.3 Å². The van der Waals surface area contributed by atoms with Crippen LogP contribution in [0.4, 0.5) is 0 Å². The fourth-order valence-corrected chi connectivity index (χ4v) is 2.98. The van der Waals surface area contributed by atoms with Crippen molar-refractivity contribution in [2.75, 3.05) is 6.54 Å². The molecular formula is C17H26ClNO. The molecule has 0 fully saturated rings. The van der Waals surface area contributed by atoms with Crippen molar-refractivity contribution in [2.24, 2.45) is 5.92 Å². The van der Waals surface area contributed by atoms with E-state index in [2.05, 4.69) is 19.2 Å². The minimum absolute atomic E-state index is 0.0160. The summed E-state index contributed by atoms with van der Waals surface area (Å²) in [5, 5.41) is 3.03. The third kappa shape index (κ3) is 4.82. The number of alkyl halides is 1. The summed E-state index contributed by atoms with van der Waals surface area (Å²) in [6, 6.07) is 9.93. The van der Waals surface area contributed by atoms with Crippen molar-refractivity contribution in [1.29, 1.82) is 0 Å². The maximum absolute atomic E-state index is 12.3. The minimum Gasteiger partial charge on any atom is -0.354 e. The zero-order valence-electron chi connectivity index (χ0n) is 12.7. The van der Waals surface area contributed by atoms with Gasteiger partial charge < -0.3 is 5.32 Å². The highest BCUT2D eigenvalue weighted by Gasteiger charge is 2.21. The molecule has 0 spiro atoms. The third-order valence-corrected chi connectivity index (χ3v) is 4.47. The van der Waals surface area contributed by atoms with Gasteiger partial charge in [0.1, 0.15) is 0 Å². The second-order valence-electron chi connectivity index (χ2n) is 5.21. The molecule has 0 aromatic heterocycles. The average Bonchev–Trinajstić information content (AvgIpc) is 2.48. The van der Waals surface area contributed by atoms with Gasteiger partial charge in [0.25, 0.3) is 0 Å². The first kappa shape index (κ1) is 17.0. The summed E-state index contributed by atoms with van der Waals surface area (Å²) >= 11 is 6.37. The van der Waals surface area contributed by atoms with Gasteiger partial charge in [-0.25, -0.2) is 0 Å². The first-order valence-corrected chi connectivity index (χ1v) is 8.04. The van der Waals surface area contributed by atoms with Crippen LogP contribution in [0.1, 0.15) is 51.5 Å². The SMILES string of the molecule is CCC(C(=O)NCC(Cl)C(CC)CC)c1ccccc1. The number of carbonyl (C=O) groups is 1. The number of amides is 1. The zero-order chi connectivity index (χ0) is 15.0. The molecule has 20 heavy (non-hydrogen) atoms. The molecule has 1 amide bonds. The maximum atomic E-state index is 12.3. The molecule has 3 heteroatoms. The predicted octanol–water partition coefficient (Wildman–Crippen LogP) is 4.34. The Morgan fingerprint density at radius 3 is 2.20 bits per heavy atom. The van der Waals surface area contributed by atoms with Gasteiger partial charge in [-0.1, -0.05) is 63.9 Å². The van der Waals surface area contributed by atoms with Crippen LogP contribution in [0.15, 0.2) is 30.3 Å². The van der Waals surface area contributed by atoms with E-state index in [9.17, 15) is 4.79 Å². The monoisotopic (exact) mass is 295 g/mol. The Labute approximate surface area is 127 Å². The number of hydrogen-bond acceptors (Lipinski definition) is 1. The molecule has 2 atom stereocenters. The van der Waals surface area contributed by atoms with E-state index in [1.54, 1.807) is 0 Å². The van der Waals surface area contributed by atoms with E-state index in [-0.39, 0.29) is 17.2 Å². The Balaban J connectivity index is 2.57. The number of nitrogens with one attached hydrogen (secondary N) is 1. The van der Waals surface area contributed by atoms with Crippen LogP contribution in [0.2, 0.25) is 0 Å². The molecule has 0 aliphatic heterocycles. The summed E-state index contributed by atoms with van der Waals surface area (Å²) in [6.07, 6.45) is 2.90. The molecule has 1 aromatic rings. The Morgan fingerprint density at radius 1 is 1.10 bits per heavy atom. The van der Waals surface area contributed by atoms with Crippen molar-refractivity contribution in [2.45, 2.75) is 51.3 Å². The van der Waals surface area contributed by atoms with Gasteiger partial charge in [-0.05, 0) is 17.9 Å². The Kier molecular flexibility index (Phi) is 7.68. The average molecular weight is 296 g/mol. The summed E-state index contributed by atoms with van der Waals surface area (Å²) in [7, 11) is 0. The molecular weight excluding hydrogens is 270 g/mol. The highest BCUT2D eigenvalue weighted by molar-refractivity contribution is 6.21. The van der Waals surface area contributed by atoms with Crippen molar-refractivity contribution in [3.8, 4) is 0 Å². The number of halogens is 1. The zero-order valence-corrected chi connectivity index (χ0v) is 13.5. The molecule has 0 saturated heterocycles. The molecule has 0 saturated carbocycles. The van der Waals surface area contributed by atoms with Crippen LogP contribution in [0.3, 0.4) is 0 Å². The normalized spacial score (nSPS) is 14.1. The summed E-state index contributed by atoms with van der Waals surface area (Å²) in [4.78, 5) is 12.3. The summed E-state index contributed by atoms with van der Waals surface area (Å²) in [5.74, 6) is 0.464. The standard InChI is InChI=1S/C17H26ClNO/c1-4-13(5-2)16(18)12-19-17(20)15(6-3)14-10-8-7-9-11-14/h7-11,13,15-16H,4-6,12H2,1-3H3,(H,19,20). The Bertz CT molecular complexity index is 389. The first-order chi connectivity index (χ1) is 9.63. The molecule has 2 nitrogen and oxygen atoms in total. The molecule has 112 valence electrons. The second-order valence-corrected chi connectivity index (χ2v) is 5.77. The highest BCUT2D eigenvalue weighted by Crippen LogP contribution is 2.21. The van der Waals surface area contributed by atoms with Crippen molar-refractivity contribution in [1.82, 2.24) is 5.32 Å². The molecule has 1 rings (SSSR count). The van der Waals surface area contributed by atoms with E-state index in [0.717, 1.165) is 24.8 Å². The maximum Gasteiger partial charge on any atom is 0.227 e. The first-order valence-electron chi connectivity index (χ1n) is 7.60. The van der Waals surface area contributed by atoms with Crippen LogP contribution in [0.25, 0.3) is 0 Å². The second kappa shape index (κ2) is 9.02. The van der Waals surface area contributed by atoms with Gasteiger partial charge in [0.2, 0.25) is 5.91 Å². The fraction of sp³-hybridized carbons (Fsp3) is 0.588. The van der Waals surface area contributed by atoms with E-state index in [1.807, 2.05) is 37.3 Å². The van der Waals surface area contributed by atoms with Gasteiger partial charge in [0, 0.05) is 6.54 Å². The minimum atomic E-state index is -0.0817. The van der Waals surface area contributed by atoms with Crippen molar-refractivity contribution in [3.63, 3.8) is 0 Å². The van der Waals surface area contributed by atoms with E-state index >= 15 is 0 Å². The van der Waals surface area contributed by atoms with Gasteiger partial charge in [-0.15, -0.1) is 11.6 Å².